The SMILES string of the molecule is COC(=O)c1ccccc1NC(=O)c1ccc(C)c(C)c1. The first kappa shape index (κ1) is 14.8. The second-order valence-corrected chi connectivity index (χ2v) is 4.79. The summed E-state index contributed by atoms with van der Waals surface area (Å²) in [6.07, 6.45) is 0. The van der Waals surface area contributed by atoms with Gasteiger partial charge in [0.05, 0.1) is 18.4 Å². The maximum absolute atomic E-state index is 12.3. The molecule has 0 unspecified atom stereocenters. The van der Waals surface area contributed by atoms with E-state index in [2.05, 4.69) is 5.32 Å². The maximum Gasteiger partial charge on any atom is 0.339 e. The fourth-order valence-corrected chi connectivity index (χ4v) is 1.96. The van der Waals surface area contributed by atoms with Crippen molar-refractivity contribution in [1.82, 2.24) is 0 Å². The van der Waals surface area contributed by atoms with Crippen LogP contribution >= 0.6 is 0 Å². The van der Waals surface area contributed by atoms with Crippen molar-refractivity contribution in [2.45, 2.75) is 13.8 Å². The highest BCUT2D eigenvalue weighted by atomic mass is 16.5. The smallest absolute Gasteiger partial charge is 0.339 e. The standard InChI is InChI=1S/C17H17NO3/c1-11-8-9-13(10-12(11)2)16(19)18-15-7-5-4-6-14(15)17(20)21-3/h4-10H,1-3H3,(H,18,19). The Morgan fingerprint density at radius 3 is 2.38 bits per heavy atom. The number of aryl methyl sites for hydroxylation is 2. The number of nitrogens with one attached hydrogen (secondary N) is 1. The highest BCUT2D eigenvalue weighted by Crippen LogP contribution is 2.18. The molecule has 4 nitrogen and oxygen atoms in total. The molecule has 0 bridgehead atoms. The van der Waals surface area contributed by atoms with Crippen molar-refractivity contribution in [3.8, 4) is 0 Å². The highest BCUT2D eigenvalue weighted by Gasteiger charge is 2.14. The molecule has 2 rings (SSSR count). The lowest BCUT2D eigenvalue weighted by molar-refractivity contribution is 0.0602. The molecule has 0 fully saturated rings. The van der Waals surface area contributed by atoms with Crippen LogP contribution in [0.1, 0.15) is 31.8 Å². The molecule has 4 heteroatoms. The Labute approximate surface area is 123 Å². The number of anilines is 1. The van der Waals surface area contributed by atoms with Gasteiger partial charge in [0.15, 0.2) is 0 Å². The van der Waals surface area contributed by atoms with E-state index in [1.807, 2.05) is 26.0 Å². The number of esters is 1. The third-order valence-corrected chi connectivity index (χ3v) is 3.35. The van der Waals surface area contributed by atoms with Crippen LogP contribution in [-0.2, 0) is 4.74 Å². The Morgan fingerprint density at radius 2 is 1.71 bits per heavy atom. The Bertz CT molecular complexity index is 692. The van der Waals surface area contributed by atoms with Crippen LogP contribution in [0, 0.1) is 13.8 Å². The Morgan fingerprint density at radius 1 is 1.00 bits per heavy atom. The molecule has 0 saturated heterocycles. The van der Waals surface area contributed by atoms with Gasteiger partial charge in [0.1, 0.15) is 0 Å². The largest absolute Gasteiger partial charge is 0.465 e. The summed E-state index contributed by atoms with van der Waals surface area (Å²) in [5.41, 5.74) is 3.49. The van der Waals surface area contributed by atoms with E-state index in [1.165, 1.54) is 7.11 Å². The van der Waals surface area contributed by atoms with Crippen LogP contribution in [0.25, 0.3) is 0 Å². The molecule has 1 N–H and O–H groups in total. The Hall–Kier alpha value is -2.62. The Kier molecular flexibility index (Phi) is 4.38. The van der Waals surface area contributed by atoms with E-state index in [9.17, 15) is 9.59 Å². The summed E-state index contributed by atoms with van der Waals surface area (Å²) >= 11 is 0. The number of carbonyl (C=O) groups is 2. The average Bonchev–Trinajstić information content (AvgIpc) is 2.49. The first-order chi connectivity index (χ1) is 10.0. The molecule has 0 aliphatic carbocycles. The van der Waals surface area contributed by atoms with Crippen molar-refractivity contribution < 1.29 is 14.3 Å². The van der Waals surface area contributed by atoms with Gasteiger partial charge in [0.2, 0.25) is 0 Å². The predicted molar refractivity (Wildman–Crippen MR) is 81.7 cm³/mol. The van der Waals surface area contributed by atoms with Crippen molar-refractivity contribution in [2.24, 2.45) is 0 Å². The van der Waals surface area contributed by atoms with Gasteiger partial charge in [-0.3, -0.25) is 4.79 Å². The summed E-state index contributed by atoms with van der Waals surface area (Å²) in [5.74, 6) is -0.736. The molecule has 0 spiro atoms. The number of hydrogen-bond donors (Lipinski definition) is 1. The van der Waals surface area contributed by atoms with Gasteiger partial charge >= 0.3 is 5.97 Å². The highest BCUT2D eigenvalue weighted by molar-refractivity contribution is 6.08. The fraction of sp³-hybridized carbons (Fsp3) is 0.176. The predicted octanol–water partition coefficient (Wildman–Crippen LogP) is 3.34. The molecule has 2 aromatic carbocycles. The molecule has 2 aromatic rings. The van der Waals surface area contributed by atoms with Crippen molar-refractivity contribution in [3.05, 3.63) is 64.7 Å². The van der Waals surface area contributed by atoms with E-state index < -0.39 is 5.97 Å². The summed E-state index contributed by atoms with van der Waals surface area (Å²) in [6.45, 7) is 3.94. The van der Waals surface area contributed by atoms with Crippen molar-refractivity contribution in [2.75, 3.05) is 12.4 Å². The van der Waals surface area contributed by atoms with Gasteiger partial charge in [-0.2, -0.15) is 0 Å². The van der Waals surface area contributed by atoms with Crippen LogP contribution < -0.4 is 5.32 Å². The normalized spacial score (nSPS) is 10.0. The van der Waals surface area contributed by atoms with Gasteiger partial charge in [-0.1, -0.05) is 18.2 Å². The lowest BCUT2D eigenvalue weighted by Gasteiger charge is -2.10. The molecule has 21 heavy (non-hydrogen) atoms. The number of amides is 1. The number of ether oxygens (including phenoxy) is 1. The average molecular weight is 283 g/mol. The third-order valence-electron chi connectivity index (χ3n) is 3.35. The van der Waals surface area contributed by atoms with Gasteiger partial charge in [-0.25, -0.2) is 4.79 Å². The molecule has 108 valence electrons. The monoisotopic (exact) mass is 283 g/mol. The van der Waals surface area contributed by atoms with E-state index in [1.54, 1.807) is 30.3 Å². The fourth-order valence-electron chi connectivity index (χ4n) is 1.96. The number of rotatable bonds is 3. The van der Waals surface area contributed by atoms with E-state index in [4.69, 9.17) is 4.74 Å². The summed E-state index contributed by atoms with van der Waals surface area (Å²) in [4.78, 5) is 24.0. The summed E-state index contributed by atoms with van der Waals surface area (Å²) < 4.78 is 4.71. The van der Waals surface area contributed by atoms with Crippen LogP contribution in [0.3, 0.4) is 0 Å². The molecule has 0 atom stereocenters. The zero-order valence-corrected chi connectivity index (χ0v) is 12.3. The summed E-state index contributed by atoms with van der Waals surface area (Å²) in [5, 5.41) is 2.75. The summed E-state index contributed by atoms with van der Waals surface area (Å²) in [6, 6.07) is 12.2. The van der Waals surface area contributed by atoms with E-state index in [0.717, 1.165) is 11.1 Å². The van der Waals surface area contributed by atoms with Crippen LogP contribution in [0.4, 0.5) is 5.69 Å². The molecule has 0 radical (unpaired) electrons. The van der Waals surface area contributed by atoms with E-state index in [-0.39, 0.29) is 5.91 Å². The second-order valence-electron chi connectivity index (χ2n) is 4.79. The van der Waals surface area contributed by atoms with Crippen LogP contribution in [0.2, 0.25) is 0 Å². The number of methoxy groups -OCH3 is 1. The van der Waals surface area contributed by atoms with Gasteiger partial charge in [0, 0.05) is 5.56 Å². The second kappa shape index (κ2) is 6.22. The van der Waals surface area contributed by atoms with Crippen molar-refractivity contribution in [3.63, 3.8) is 0 Å². The molecule has 0 heterocycles. The zero-order valence-electron chi connectivity index (χ0n) is 12.3. The third kappa shape index (κ3) is 3.28. The Balaban J connectivity index is 2.27. The molecule has 1 amide bonds. The van der Waals surface area contributed by atoms with Gasteiger partial charge in [0.25, 0.3) is 5.91 Å². The minimum Gasteiger partial charge on any atom is -0.465 e. The van der Waals surface area contributed by atoms with Crippen molar-refractivity contribution >= 4 is 17.6 Å². The van der Waals surface area contributed by atoms with E-state index >= 15 is 0 Å². The lowest BCUT2D eigenvalue weighted by atomic mass is 10.1. The van der Waals surface area contributed by atoms with Crippen LogP contribution in [-0.4, -0.2) is 19.0 Å². The number of para-hydroxylation sites is 1. The van der Waals surface area contributed by atoms with Crippen LogP contribution in [0.15, 0.2) is 42.5 Å². The lowest BCUT2D eigenvalue weighted by Crippen LogP contribution is -2.15. The quantitative estimate of drug-likeness (QED) is 0.879. The first-order valence-electron chi connectivity index (χ1n) is 6.59. The number of hydrogen-bond acceptors (Lipinski definition) is 3. The molecule has 0 aromatic heterocycles. The molecular weight excluding hydrogens is 266 g/mol. The maximum atomic E-state index is 12.3. The van der Waals surface area contributed by atoms with E-state index in [0.29, 0.717) is 16.8 Å². The minimum atomic E-state index is -0.481. The molecule has 0 saturated carbocycles. The molecule has 0 aliphatic rings. The first-order valence-corrected chi connectivity index (χ1v) is 6.59. The topological polar surface area (TPSA) is 55.4 Å². The number of benzene rings is 2. The molecule has 0 aliphatic heterocycles. The molecular formula is C17H17NO3. The van der Waals surface area contributed by atoms with Gasteiger partial charge in [-0.15, -0.1) is 0 Å². The minimum absolute atomic E-state index is 0.255. The van der Waals surface area contributed by atoms with Gasteiger partial charge < -0.3 is 10.1 Å². The van der Waals surface area contributed by atoms with Crippen molar-refractivity contribution in [1.29, 1.82) is 0 Å². The van der Waals surface area contributed by atoms with Crippen LogP contribution in [0.5, 0.6) is 0 Å². The number of carbonyl (C=O) groups excluding carboxylic acids is 2. The summed E-state index contributed by atoms with van der Waals surface area (Å²) in [7, 11) is 1.31. The zero-order chi connectivity index (χ0) is 15.4. The van der Waals surface area contributed by atoms with Gasteiger partial charge in [-0.05, 0) is 49.2 Å².